The van der Waals surface area contributed by atoms with Gasteiger partial charge in [0.15, 0.2) is 0 Å². The van der Waals surface area contributed by atoms with Gasteiger partial charge in [-0.1, -0.05) is 6.92 Å². The molecule has 0 saturated heterocycles. The highest BCUT2D eigenvalue weighted by atomic mass is 32.1. The van der Waals surface area contributed by atoms with Crippen molar-refractivity contribution >= 4 is 23.2 Å². The third-order valence-corrected chi connectivity index (χ3v) is 3.14. The summed E-state index contributed by atoms with van der Waals surface area (Å²) in [6.45, 7) is 3.54. The number of carbonyl (C=O) groups is 2. The molecule has 2 unspecified atom stereocenters. The molecule has 1 rings (SSSR count). The molecule has 0 radical (unpaired) electrons. The van der Waals surface area contributed by atoms with Gasteiger partial charge in [0.1, 0.15) is 0 Å². The topological polar surface area (TPSA) is 66.4 Å². The van der Waals surface area contributed by atoms with Crippen LogP contribution in [0.15, 0.2) is 16.8 Å². The Hall–Kier alpha value is -1.36. The van der Waals surface area contributed by atoms with Gasteiger partial charge in [-0.25, -0.2) is 0 Å². The molecular formula is C11H15NO3S. The lowest BCUT2D eigenvalue weighted by molar-refractivity contribution is -0.141. The second-order valence-electron chi connectivity index (χ2n) is 3.76. The fourth-order valence-corrected chi connectivity index (χ4v) is 1.92. The average Bonchev–Trinajstić information content (AvgIpc) is 2.77. The van der Waals surface area contributed by atoms with Crippen molar-refractivity contribution in [2.75, 3.05) is 6.54 Å². The maximum absolute atomic E-state index is 11.7. The first-order valence-corrected chi connectivity index (χ1v) is 5.99. The molecule has 1 amide bonds. The number of carbonyl (C=O) groups excluding carboxylic acids is 1. The second kappa shape index (κ2) is 5.65. The van der Waals surface area contributed by atoms with Crippen molar-refractivity contribution in [2.24, 2.45) is 5.92 Å². The fourth-order valence-electron chi connectivity index (χ4n) is 1.17. The minimum absolute atomic E-state index is 0.133. The highest BCUT2D eigenvalue weighted by molar-refractivity contribution is 7.08. The van der Waals surface area contributed by atoms with Gasteiger partial charge in [0.05, 0.1) is 11.8 Å². The number of nitrogens with one attached hydrogen (secondary N) is 1. The zero-order chi connectivity index (χ0) is 12.1. The Labute approximate surface area is 98.3 Å². The van der Waals surface area contributed by atoms with Crippen LogP contribution >= 0.6 is 11.3 Å². The zero-order valence-electron chi connectivity index (χ0n) is 9.27. The Morgan fingerprint density at radius 1 is 1.50 bits per heavy atom. The van der Waals surface area contributed by atoms with Crippen LogP contribution in [0.5, 0.6) is 0 Å². The lowest BCUT2D eigenvalue weighted by Gasteiger charge is -2.12. The molecule has 4 nitrogen and oxygen atoms in total. The van der Waals surface area contributed by atoms with Crippen LogP contribution < -0.4 is 5.32 Å². The first kappa shape index (κ1) is 12.7. The van der Waals surface area contributed by atoms with E-state index < -0.39 is 11.9 Å². The molecule has 0 spiro atoms. The van der Waals surface area contributed by atoms with Crippen LogP contribution in [0.25, 0.3) is 0 Å². The molecule has 88 valence electrons. The zero-order valence-corrected chi connectivity index (χ0v) is 10.1. The van der Waals surface area contributed by atoms with E-state index in [4.69, 9.17) is 5.11 Å². The molecule has 0 bridgehead atoms. The van der Waals surface area contributed by atoms with E-state index in [-0.39, 0.29) is 18.4 Å². The van der Waals surface area contributed by atoms with E-state index in [9.17, 15) is 9.59 Å². The van der Waals surface area contributed by atoms with Gasteiger partial charge in [0, 0.05) is 6.54 Å². The quantitative estimate of drug-likeness (QED) is 0.824. The van der Waals surface area contributed by atoms with E-state index in [2.05, 4.69) is 5.32 Å². The lowest BCUT2D eigenvalue weighted by Crippen LogP contribution is -2.34. The molecular weight excluding hydrogens is 226 g/mol. The van der Waals surface area contributed by atoms with Crippen LogP contribution in [0, 0.1) is 5.92 Å². The molecule has 0 aliphatic rings. The summed E-state index contributed by atoms with van der Waals surface area (Å²) in [5.41, 5.74) is 0.963. The number of rotatable bonds is 5. The number of thiophene rings is 1. The largest absolute Gasteiger partial charge is 0.481 e. The van der Waals surface area contributed by atoms with E-state index in [0.29, 0.717) is 0 Å². The van der Waals surface area contributed by atoms with E-state index in [0.717, 1.165) is 5.56 Å². The maximum atomic E-state index is 11.7. The highest BCUT2D eigenvalue weighted by Crippen LogP contribution is 2.18. The minimum Gasteiger partial charge on any atom is -0.481 e. The van der Waals surface area contributed by atoms with Gasteiger partial charge in [-0.2, -0.15) is 11.3 Å². The maximum Gasteiger partial charge on any atom is 0.308 e. The van der Waals surface area contributed by atoms with Crippen molar-refractivity contribution in [3.63, 3.8) is 0 Å². The normalized spacial score (nSPS) is 14.1. The molecule has 5 heteroatoms. The van der Waals surface area contributed by atoms with Crippen molar-refractivity contribution in [2.45, 2.75) is 19.8 Å². The van der Waals surface area contributed by atoms with Crippen molar-refractivity contribution in [1.29, 1.82) is 0 Å². The molecule has 1 aromatic heterocycles. The van der Waals surface area contributed by atoms with Gasteiger partial charge in [0.2, 0.25) is 5.91 Å². The Bertz CT molecular complexity index is 361. The summed E-state index contributed by atoms with van der Waals surface area (Å²) < 4.78 is 0. The van der Waals surface area contributed by atoms with Crippen molar-refractivity contribution < 1.29 is 14.7 Å². The predicted octanol–water partition coefficient (Wildman–Crippen LogP) is 1.69. The van der Waals surface area contributed by atoms with Gasteiger partial charge in [-0.3, -0.25) is 9.59 Å². The average molecular weight is 241 g/mol. The number of carboxylic acids is 1. The molecule has 1 aromatic rings. The Balaban J connectivity index is 2.44. The summed E-state index contributed by atoms with van der Waals surface area (Å²) in [6.07, 6.45) is 0. The molecule has 0 aromatic carbocycles. The second-order valence-corrected chi connectivity index (χ2v) is 4.54. The summed E-state index contributed by atoms with van der Waals surface area (Å²) in [5, 5.41) is 15.1. The van der Waals surface area contributed by atoms with Crippen molar-refractivity contribution in [3.8, 4) is 0 Å². The van der Waals surface area contributed by atoms with Gasteiger partial charge >= 0.3 is 5.97 Å². The van der Waals surface area contributed by atoms with E-state index in [1.54, 1.807) is 18.3 Å². The molecule has 2 N–H and O–H groups in total. The summed E-state index contributed by atoms with van der Waals surface area (Å²) in [6, 6.07) is 1.90. The first-order valence-electron chi connectivity index (χ1n) is 5.05. The highest BCUT2D eigenvalue weighted by Gasteiger charge is 2.17. The molecule has 1 heterocycles. The molecule has 0 aliphatic carbocycles. The Kier molecular flexibility index (Phi) is 4.49. The standard InChI is InChI=1S/C11H15NO3S/c1-7(11(14)15)5-12-10(13)8(2)9-3-4-16-6-9/h3-4,6-8H,5H2,1-2H3,(H,12,13)(H,14,15). The van der Waals surface area contributed by atoms with Crippen LogP contribution in [0.2, 0.25) is 0 Å². The third kappa shape index (κ3) is 3.34. The van der Waals surface area contributed by atoms with Gasteiger partial charge < -0.3 is 10.4 Å². The fraction of sp³-hybridized carbons (Fsp3) is 0.455. The number of carboxylic acid groups (broad SMARTS) is 1. The van der Waals surface area contributed by atoms with Gasteiger partial charge in [-0.05, 0) is 29.3 Å². The van der Waals surface area contributed by atoms with Gasteiger partial charge in [-0.15, -0.1) is 0 Å². The monoisotopic (exact) mass is 241 g/mol. The molecule has 16 heavy (non-hydrogen) atoms. The van der Waals surface area contributed by atoms with E-state index >= 15 is 0 Å². The van der Waals surface area contributed by atoms with Gasteiger partial charge in [0.25, 0.3) is 0 Å². The minimum atomic E-state index is -0.900. The Morgan fingerprint density at radius 2 is 2.19 bits per heavy atom. The van der Waals surface area contributed by atoms with Crippen molar-refractivity contribution in [1.82, 2.24) is 5.32 Å². The smallest absolute Gasteiger partial charge is 0.308 e. The van der Waals surface area contributed by atoms with Crippen LogP contribution in [0.1, 0.15) is 25.3 Å². The SMILES string of the molecule is CC(CNC(=O)C(C)c1ccsc1)C(=O)O. The van der Waals surface area contributed by atoms with Crippen molar-refractivity contribution in [3.05, 3.63) is 22.4 Å². The van der Waals surface area contributed by atoms with E-state index in [1.165, 1.54) is 0 Å². The molecule has 0 aliphatic heterocycles. The summed E-state index contributed by atoms with van der Waals surface area (Å²) >= 11 is 1.54. The summed E-state index contributed by atoms with van der Waals surface area (Å²) in [5.74, 6) is -1.82. The Morgan fingerprint density at radius 3 is 2.69 bits per heavy atom. The number of hydrogen-bond acceptors (Lipinski definition) is 3. The lowest BCUT2D eigenvalue weighted by atomic mass is 10.0. The molecule has 0 saturated carbocycles. The van der Waals surface area contributed by atoms with Crippen LogP contribution in [-0.2, 0) is 9.59 Å². The van der Waals surface area contributed by atoms with Crippen LogP contribution in [-0.4, -0.2) is 23.5 Å². The van der Waals surface area contributed by atoms with E-state index in [1.807, 2.05) is 23.8 Å². The number of hydrogen-bond donors (Lipinski definition) is 2. The molecule has 0 fully saturated rings. The first-order chi connectivity index (χ1) is 7.52. The third-order valence-electron chi connectivity index (χ3n) is 2.44. The number of amides is 1. The summed E-state index contributed by atoms with van der Waals surface area (Å²) in [7, 11) is 0. The van der Waals surface area contributed by atoms with Crippen LogP contribution in [0.4, 0.5) is 0 Å². The predicted molar refractivity (Wildman–Crippen MR) is 62.5 cm³/mol. The number of aliphatic carboxylic acids is 1. The summed E-state index contributed by atoms with van der Waals surface area (Å²) in [4.78, 5) is 22.2. The molecule has 2 atom stereocenters. The van der Waals surface area contributed by atoms with Crippen LogP contribution in [0.3, 0.4) is 0 Å².